The molecule has 0 amide bonds. The van der Waals surface area contributed by atoms with Crippen molar-refractivity contribution in [3.05, 3.63) is 69.0 Å². The monoisotopic (exact) mass is 542 g/mol. The number of aromatic nitrogens is 2. The summed E-state index contributed by atoms with van der Waals surface area (Å²) in [5.74, 6) is 0.549. The molecule has 2 aromatic carbocycles. The number of hydrogen-bond acceptors (Lipinski definition) is 3. The van der Waals surface area contributed by atoms with Crippen LogP contribution in [0.25, 0.3) is 16.7 Å². The van der Waals surface area contributed by atoms with Crippen molar-refractivity contribution in [1.29, 1.82) is 0 Å². The van der Waals surface area contributed by atoms with Gasteiger partial charge in [0.1, 0.15) is 12.0 Å². The van der Waals surface area contributed by atoms with Gasteiger partial charge in [-0.15, -0.1) is 0 Å². The second-order valence-corrected chi connectivity index (χ2v) is 10.1. The van der Waals surface area contributed by atoms with Crippen LogP contribution in [-0.2, 0) is 19.6 Å². The molecule has 1 aromatic heterocycles. The van der Waals surface area contributed by atoms with Crippen molar-refractivity contribution >= 4 is 39.9 Å². The number of alkyl halides is 4. The number of halogens is 6. The number of imidazole rings is 1. The quantitative estimate of drug-likeness (QED) is 0.322. The first-order valence-electron chi connectivity index (χ1n) is 11.7. The van der Waals surface area contributed by atoms with Crippen molar-refractivity contribution in [2.75, 3.05) is 32.7 Å². The lowest BCUT2D eigenvalue weighted by Crippen LogP contribution is -2.46. The fourth-order valence-corrected chi connectivity index (χ4v) is 5.31. The molecule has 36 heavy (non-hydrogen) atoms. The molecule has 0 N–H and O–H groups in total. The van der Waals surface area contributed by atoms with E-state index in [9.17, 15) is 17.6 Å². The summed E-state index contributed by atoms with van der Waals surface area (Å²) in [4.78, 5) is 8.82. The molecule has 4 nitrogen and oxygen atoms in total. The van der Waals surface area contributed by atoms with Crippen LogP contribution in [0.2, 0.25) is 10.0 Å². The summed E-state index contributed by atoms with van der Waals surface area (Å²) in [6.07, 6.45) is -5.08. The molecule has 3 aromatic rings. The molecule has 0 spiro atoms. The second-order valence-electron chi connectivity index (χ2n) is 9.33. The van der Waals surface area contributed by atoms with Gasteiger partial charge >= 0.3 is 6.18 Å². The molecule has 0 aliphatic carbocycles. The molecular weight excluding hydrogens is 515 g/mol. The summed E-state index contributed by atoms with van der Waals surface area (Å²) in [7, 11) is 1.69. The van der Waals surface area contributed by atoms with E-state index in [4.69, 9.17) is 23.2 Å². The number of fused-ring (bicyclic) bond motifs is 1. The molecule has 0 saturated carbocycles. The Bertz CT molecular complexity index is 1290. The van der Waals surface area contributed by atoms with E-state index in [-0.39, 0.29) is 6.42 Å². The van der Waals surface area contributed by atoms with Crippen LogP contribution < -0.4 is 0 Å². The first-order valence-corrected chi connectivity index (χ1v) is 12.4. The average Bonchev–Trinajstić information content (AvgIpc) is 3.12. The van der Waals surface area contributed by atoms with Crippen LogP contribution in [0.1, 0.15) is 35.0 Å². The highest BCUT2D eigenvalue weighted by Gasteiger charge is 2.32. The van der Waals surface area contributed by atoms with Crippen molar-refractivity contribution < 1.29 is 17.6 Å². The van der Waals surface area contributed by atoms with E-state index in [1.807, 2.05) is 6.07 Å². The largest absolute Gasteiger partial charge is 0.416 e. The zero-order chi connectivity index (χ0) is 26.4. The van der Waals surface area contributed by atoms with Gasteiger partial charge in [0, 0.05) is 62.5 Å². The summed E-state index contributed by atoms with van der Waals surface area (Å²) in [5, 5.41) is 0.880. The summed E-state index contributed by atoms with van der Waals surface area (Å²) >= 11 is 13.3. The van der Waals surface area contributed by atoms with Crippen LogP contribution in [0.3, 0.4) is 0 Å². The normalized spacial score (nSPS) is 16.1. The highest BCUT2D eigenvalue weighted by Crippen LogP contribution is 2.36. The molecule has 10 heteroatoms. The van der Waals surface area contributed by atoms with Crippen LogP contribution in [0.5, 0.6) is 0 Å². The fraction of sp³-hybridized carbons (Fsp3) is 0.423. The van der Waals surface area contributed by atoms with E-state index in [2.05, 4.69) is 21.4 Å². The van der Waals surface area contributed by atoms with E-state index in [0.29, 0.717) is 57.7 Å². The number of rotatable bonds is 6. The predicted molar refractivity (Wildman–Crippen MR) is 137 cm³/mol. The molecule has 1 unspecified atom stereocenters. The van der Waals surface area contributed by atoms with Crippen molar-refractivity contribution in [1.82, 2.24) is 19.4 Å². The van der Waals surface area contributed by atoms with Gasteiger partial charge in [-0.3, -0.25) is 4.90 Å². The van der Waals surface area contributed by atoms with Crippen molar-refractivity contribution in [3.8, 4) is 0 Å². The summed E-state index contributed by atoms with van der Waals surface area (Å²) in [6, 6.07) is 5.79. The third-order valence-electron chi connectivity index (χ3n) is 6.69. The zero-order valence-electron chi connectivity index (χ0n) is 20.4. The van der Waals surface area contributed by atoms with Crippen LogP contribution in [0, 0.1) is 6.92 Å². The highest BCUT2D eigenvalue weighted by molar-refractivity contribution is 6.37. The SMILES string of the molecule is C=C(c1ccc(Cl)c(Cc2nc3c(C)cc(C(F)(F)F)cc3n2C)c1Cl)N1CCN(CC(C)F)CC1. The van der Waals surface area contributed by atoms with Crippen molar-refractivity contribution in [2.24, 2.45) is 7.05 Å². The minimum absolute atomic E-state index is 0.243. The number of benzene rings is 2. The minimum atomic E-state index is -4.44. The average molecular weight is 543 g/mol. The smallest absolute Gasteiger partial charge is 0.369 e. The Hall–Kier alpha value is -2.29. The number of hydrogen-bond donors (Lipinski definition) is 0. The summed E-state index contributed by atoms with van der Waals surface area (Å²) < 4.78 is 55.0. The molecule has 1 aliphatic heterocycles. The molecule has 2 heterocycles. The fourth-order valence-electron chi connectivity index (χ4n) is 4.69. The first-order chi connectivity index (χ1) is 16.9. The first kappa shape index (κ1) is 26.8. The second kappa shape index (κ2) is 10.2. The molecular formula is C26H28Cl2F4N4. The molecule has 1 saturated heterocycles. The van der Waals surface area contributed by atoms with E-state index in [1.54, 1.807) is 31.5 Å². The predicted octanol–water partition coefficient (Wildman–Crippen LogP) is 6.74. The Kier molecular flexibility index (Phi) is 7.60. The Morgan fingerprint density at radius 3 is 2.42 bits per heavy atom. The van der Waals surface area contributed by atoms with Gasteiger partial charge in [-0.25, -0.2) is 9.37 Å². The van der Waals surface area contributed by atoms with E-state index < -0.39 is 17.9 Å². The van der Waals surface area contributed by atoms with Crippen LogP contribution in [0.15, 0.2) is 30.8 Å². The molecule has 0 radical (unpaired) electrons. The molecule has 4 rings (SSSR count). The highest BCUT2D eigenvalue weighted by atomic mass is 35.5. The van der Waals surface area contributed by atoms with Crippen LogP contribution >= 0.6 is 23.2 Å². The van der Waals surface area contributed by atoms with Gasteiger partial charge in [0.05, 0.1) is 21.6 Å². The lowest BCUT2D eigenvalue weighted by Gasteiger charge is -2.37. The number of piperazine rings is 1. The minimum Gasteiger partial charge on any atom is -0.369 e. The van der Waals surface area contributed by atoms with Gasteiger partial charge < -0.3 is 9.47 Å². The summed E-state index contributed by atoms with van der Waals surface area (Å²) in [5.41, 5.74) is 2.76. The maximum absolute atomic E-state index is 13.4. The third-order valence-corrected chi connectivity index (χ3v) is 7.48. The maximum Gasteiger partial charge on any atom is 0.416 e. The standard InChI is InChI=1S/C26H28Cl2F4N4/c1-15-11-18(26(30,31)32)12-22-25(15)33-23(34(22)4)13-20-21(27)6-5-19(24(20)28)17(3)36-9-7-35(8-10-36)14-16(2)29/h5-6,11-12,16H,3,7-10,13-14H2,1-2,4H3. The molecule has 194 valence electrons. The van der Waals surface area contributed by atoms with E-state index in [1.165, 1.54) is 0 Å². The molecule has 1 atom stereocenters. The Balaban J connectivity index is 1.62. The molecule has 1 fully saturated rings. The van der Waals surface area contributed by atoms with Gasteiger partial charge in [0.15, 0.2) is 0 Å². The van der Waals surface area contributed by atoms with Gasteiger partial charge in [0.2, 0.25) is 0 Å². The lowest BCUT2D eigenvalue weighted by atomic mass is 10.0. The van der Waals surface area contributed by atoms with E-state index in [0.717, 1.165) is 36.5 Å². The molecule has 1 aliphatic rings. The number of nitrogens with zero attached hydrogens (tertiary/aromatic N) is 4. The van der Waals surface area contributed by atoms with Crippen LogP contribution in [0.4, 0.5) is 17.6 Å². The summed E-state index contributed by atoms with van der Waals surface area (Å²) in [6.45, 7) is 10.7. The van der Waals surface area contributed by atoms with E-state index >= 15 is 0 Å². The lowest BCUT2D eigenvalue weighted by molar-refractivity contribution is -0.137. The Labute approximate surface area is 218 Å². The maximum atomic E-state index is 13.4. The van der Waals surface area contributed by atoms with Gasteiger partial charge in [-0.1, -0.05) is 29.8 Å². The molecule has 0 bridgehead atoms. The van der Waals surface area contributed by atoms with Gasteiger partial charge in [0.25, 0.3) is 0 Å². The third kappa shape index (κ3) is 5.36. The Morgan fingerprint density at radius 2 is 1.81 bits per heavy atom. The van der Waals surface area contributed by atoms with Crippen molar-refractivity contribution in [2.45, 2.75) is 32.6 Å². The zero-order valence-corrected chi connectivity index (χ0v) is 21.9. The van der Waals surface area contributed by atoms with Gasteiger partial charge in [-0.05, 0) is 49.2 Å². The van der Waals surface area contributed by atoms with Crippen molar-refractivity contribution in [3.63, 3.8) is 0 Å². The van der Waals surface area contributed by atoms with Crippen LogP contribution in [-0.4, -0.2) is 58.2 Å². The Morgan fingerprint density at radius 1 is 1.14 bits per heavy atom. The topological polar surface area (TPSA) is 24.3 Å². The van der Waals surface area contributed by atoms with Gasteiger partial charge in [-0.2, -0.15) is 13.2 Å². The number of aryl methyl sites for hydroxylation is 2.